The Hall–Kier alpha value is -1.91. The maximum atomic E-state index is 11.0. The molecule has 0 N–H and O–H groups in total. The summed E-state index contributed by atoms with van der Waals surface area (Å²) in [6, 6.07) is 6.89. The quantitative estimate of drug-likeness (QED) is 0.535. The first-order chi connectivity index (χ1) is 6.63. The molecule has 0 spiro atoms. The molecule has 5 heteroatoms. The van der Waals surface area contributed by atoms with Crippen LogP contribution in [0.3, 0.4) is 0 Å². The first kappa shape index (κ1) is 10.2. The highest BCUT2D eigenvalue weighted by Crippen LogP contribution is 2.12. The number of carbonyl (C=O) groups excluding carboxylic acids is 1. The van der Waals surface area contributed by atoms with Crippen LogP contribution in [0.5, 0.6) is 5.75 Å². The summed E-state index contributed by atoms with van der Waals surface area (Å²) in [6.07, 6.45) is -0.802. The van der Waals surface area contributed by atoms with Gasteiger partial charge in [0.25, 0.3) is 0 Å². The Labute approximate surface area is 81.2 Å². The molecule has 14 heavy (non-hydrogen) atoms. The number of rotatable bonds is 2. The second-order valence-electron chi connectivity index (χ2n) is 2.79. The van der Waals surface area contributed by atoms with Crippen LogP contribution in [0, 0.1) is 11.8 Å². The van der Waals surface area contributed by atoms with E-state index < -0.39 is 6.09 Å². The highest BCUT2D eigenvalue weighted by Gasteiger charge is 2.10. The third-order valence-corrected chi connectivity index (χ3v) is 1.61. The van der Waals surface area contributed by atoms with Crippen molar-refractivity contribution in [2.45, 2.75) is 6.92 Å². The Balaban J connectivity index is 2.65. The number of nitrogens with zero attached hydrogens (tertiary/aromatic N) is 2. The second kappa shape index (κ2) is 4.36. The lowest BCUT2D eigenvalue weighted by molar-refractivity contribution is 0.164. The van der Waals surface area contributed by atoms with Crippen molar-refractivity contribution in [3.8, 4) is 5.75 Å². The van der Waals surface area contributed by atoms with E-state index in [0.29, 0.717) is 10.8 Å². The Bertz CT molecular complexity index is 334. The van der Waals surface area contributed by atoms with Crippen molar-refractivity contribution in [2.24, 2.45) is 5.29 Å². The zero-order chi connectivity index (χ0) is 10.6. The summed E-state index contributed by atoms with van der Waals surface area (Å²) in [6.45, 7) is 1.92. The van der Waals surface area contributed by atoms with Gasteiger partial charge in [0, 0.05) is 7.05 Å². The minimum absolute atomic E-state index is 0.385. The maximum Gasteiger partial charge on any atom is 0.438 e. The molecule has 1 amide bonds. The lowest BCUT2D eigenvalue weighted by atomic mass is 10.2. The van der Waals surface area contributed by atoms with Crippen LogP contribution in [0.1, 0.15) is 5.56 Å². The molecule has 0 bridgehead atoms. The fourth-order valence-electron chi connectivity index (χ4n) is 0.807. The molecule has 1 aromatic rings. The van der Waals surface area contributed by atoms with E-state index in [1.54, 1.807) is 24.3 Å². The van der Waals surface area contributed by atoms with E-state index in [4.69, 9.17) is 4.74 Å². The van der Waals surface area contributed by atoms with Crippen LogP contribution in [0.2, 0.25) is 0 Å². The SMILES string of the molecule is Cc1ccc(OC(=O)N(C)N=O)cc1. The van der Waals surface area contributed by atoms with Gasteiger partial charge in [-0.1, -0.05) is 17.7 Å². The monoisotopic (exact) mass is 194 g/mol. The molecule has 0 aliphatic rings. The van der Waals surface area contributed by atoms with Gasteiger partial charge in [0.15, 0.2) is 0 Å². The van der Waals surface area contributed by atoms with Crippen LogP contribution in [0.25, 0.3) is 0 Å². The van der Waals surface area contributed by atoms with Crippen molar-refractivity contribution in [3.05, 3.63) is 34.7 Å². The van der Waals surface area contributed by atoms with E-state index in [1.165, 1.54) is 7.05 Å². The highest BCUT2D eigenvalue weighted by molar-refractivity contribution is 5.69. The Morgan fingerprint density at radius 2 is 1.93 bits per heavy atom. The van der Waals surface area contributed by atoms with E-state index in [-0.39, 0.29) is 0 Å². The molecule has 0 aliphatic heterocycles. The molecule has 1 rings (SSSR count). The number of nitroso groups, excluding NO2 is 1. The minimum Gasteiger partial charge on any atom is -0.409 e. The van der Waals surface area contributed by atoms with Crippen LogP contribution >= 0.6 is 0 Å². The van der Waals surface area contributed by atoms with E-state index in [9.17, 15) is 9.70 Å². The standard InChI is InChI=1S/C9H10N2O3/c1-7-3-5-8(6-4-7)14-9(12)11(2)10-13/h3-6H,1-2H3. The van der Waals surface area contributed by atoms with Crippen LogP contribution in [-0.4, -0.2) is 18.1 Å². The van der Waals surface area contributed by atoms with Gasteiger partial charge in [-0.25, -0.2) is 4.79 Å². The van der Waals surface area contributed by atoms with Gasteiger partial charge in [-0.15, -0.1) is 4.91 Å². The fourth-order valence-corrected chi connectivity index (χ4v) is 0.807. The number of benzene rings is 1. The largest absolute Gasteiger partial charge is 0.438 e. The van der Waals surface area contributed by atoms with Crippen molar-refractivity contribution < 1.29 is 9.53 Å². The van der Waals surface area contributed by atoms with Gasteiger partial charge < -0.3 is 4.74 Å². The van der Waals surface area contributed by atoms with Crippen molar-refractivity contribution in [3.63, 3.8) is 0 Å². The summed E-state index contributed by atoms with van der Waals surface area (Å²) in [5.41, 5.74) is 1.06. The molecule has 74 valence electrons. The summed E-state index contributed by atoms with van der Waals surface area (Å²) < 4.78 is 4.82. The van der Waals surface area contributed by atoms with E-state index >= 15 is 0 Å². The Morgan fingerprint density at radius 1 is 1.36 bits per heavy atom. The van der Waals surface area contributed by atoms with E-state index in [2.05, 4.69) is 5.29 Å². The van der Waals surface area contributed by atoms with Gasteiger partial charge in [-0.3, -0.25) is 0 Å². The van der Waals surface area contributed by atoms with E-state index in [1.807, 2.05) is 6.92 Å². The maximum absolute atomic E-state index is 11.0. The van der Waals surface area contributed by atoms with Crippen LogP contribution < -0.4 is 4.74 Å². The molecule has 0 fully saturated rings. The highest BCUT2D eigenvalue weighted by atomic mass is 16.6. The number of hydrogen-bond donors (Lipinski definition) is 0. The van der Waals surface area contributed by atoms with Crippen molar-refractivity contribution in [2.75, 3.05) is 7.05 Å². The third kappa shape index (κ3) is 2.55. The first-order valence-corrected chi connectivity index (χ1v) is 3.99. The predicted octanol–water partition coefficient (Wildman–Crippen LogP) is 2.11. The van der Waals surface area contributed by atoms with Gasteiger partial charge in [0.1, 0.15) is 5.75 Å². The normalized spacial score (nSPS) is 9.29. The first-order valence-electron chi connectivity index (χ1n) is 3.99. The van der Waals surface area contributed by atoms with Crippen molar-refractivity contribution in [1.82, 2.24) is 5.01 Å². The molecule has 5 nitrogen and oxygen atoms in total. The van der Waals surface area contributed by atoms with Gasteiger partial charge in [-0.2, -0.15) is 5.01 Å². The molecular weight excluding hydrogens is 184 g/mol. The van der Waals surface area contributed by atoms with Gasteiger partial charge in [-0.05, 0) is 19.1 Å². The van der Waals surface area contributed by atoms with E-state index in [0.717, 1.165) is 5.56 Å². The second-order valence-corrected chi connectivity index (χ2v) is 2.79. The smallest absolute Gasteiger partial charge is 0.409 e. The number of aryl methyl sites for hydroxylation is 1. The van der Waals surface area contributed by atoms with Crippen LogP contribution in [0.4, 0.5) is 4.79 Å². The summed E-state index contributed by atoms with van der Waals surface area (Å²) in [5, 5.41) is 2.99. The average molecular weight is 194 g/mol. The van der Waals surface area contributed by atoms with Crippen molar-refractivity contribution in [1.29, 1.82) is 0 Å². The Morgan fingerprint density at radius 3 is 2.43 bits per heavy atom. The summed E-state index contributed by atoms with van der Waals surface area (Å²) in [5.74, 6) is 0.385. The zero-order valence-electron chi connectivity index (χ0n) is 7.93. The molecule has 0 heterocycles. The lowest BCUT2D eigenvalue weighted by Crippen LogP contribution is -2.24. The number of carbonyl (C=O) groups is 1. The molecule has 0 unspecified atom stereocenters. The lowest BCUT2D eigenvalue weighted by Gasteiger charge is -2.07. The average Bonchev–Trinajstić information content (AvgIpc) is 2.20. The van der Waals surface area contributed by atoms with Gasteiger partial charge in [0.05, 0.1) is 5.29 Å². The third-order valence-electron chi connectivity index (χ3n) is 1.61. The van der Waals surface area contributed by atoms with Crippen LogP contribution in [0.15, 0.2) is 29.6 Å². The molecule has 0 radical (unpaired) electrons. The molecule has 0 saturated heterocycles. The molecule has 1 aromatic carbocycles. The molecule has 0 aliphatic carbocycles. The van der Waals surface area contributed by atoms with Crippen molar-refractivity contribution >= 4 is 6.09 Å². The fraction of sp³-hybridized carbons (Fsp3) is 0.222. The Kier molecular flexibility index (Phi) is 3.17. The predicted molar refractivity (Wildman–Crippen MR) is 50.8 cm³/mol. The molecular formula is C9H10N2O3. The summed E-state index contributed by atoms with van der Waals surface area (Å²) in [4.78, 5) is 21.0. The summed E-state index contributed by atoms with van der Waals surface area (Å²) >= 11 is 0. The molecule has 0 atom stereocenters. The van der Waals surface area contributed by atoms with Gasteiger partial charge in [0.2, 0.25) is 0 Å². The van der Waals surface area contributed by atoms with Gasteiger partial charge >= 0.3 is 6.09 Å². The minimum atomic E-state index is -0.802. The topological polar surface area (TPSA) is 59.0 Å². The number of ether oxygens (including phenoxy) is 1. The summed E-state index contributed by atoms with van der Waals surface area (Å²) in [7, 11) is 1.23. The zero-order valence-corrected chi connectivity index (χ0v) is 7.93. The molecule has 0 aromatic heterocycles. The number of hydrogen-bond acceptors (Lipinski definition) is 4. The molecule has 0 saturated carbocycles. The number of amides is 1. The van der Waals surface area contributed by atoms with Crippen LogP contribution in [-0.2, 0) is 0 Å².